The molecule has 0 saturated carbocycles. The van der Waals surface area contributed by atoms with E-state index in [0.717, 1.165) is 5.56 Å². The van der Waals surface area contributed by atoms with Gasteiger partial charge in [-0.2, -0.15) is 14.6 Å². The van der Waals surface area contributed by atoms with Crippen LogP contribution in [0, 0.1) is 11.7 Å². The van der Waals surface area contributed by atoms with Crippen molar-refractivity contribution in [1.29, 1.82) is 4.78 Å². The third-order valence-corrected chi connectivity index (χ3v) is 4.95. The van der Waals surface area contributed by atoms with E-state index < -0.39 is 16.7 Å². The molecule has 0 bridgehead atoms. The molecule has 0 spiro atoms. The van der Waals surface area contributed by atoms with Crippen molar-refractivity contribution in [2.45, 2.75) is 18.2 Å². The van der Waals surface area contributed by atoms with Crippen LogP contribution < -0.4 is 4.90 Å². The maximum Gasteiger partial charge on any atom is 0.254 e. The van der Waals surface area contributed by atoms with Gasteiger partial charge in [0.05, 0.1) is 9.73 Å². The van der Waals surface area contributed by atoms with Crippen molar-refractivity contribution in [3.8, 4) is 0 Å². The molecule has 126 valence electrons. The Morgan fingerprint density at radius 1 is 1.38 bits per heavy atom. The van der Waals surface area contributed by atoms with Crippen molar-refractivity contribution in [2.24, 2.45) is 0 Å². The number of hydrogen-bond acceptors (Lipinski definition) is 6. The van der Waals surface area contributed by atoms with Crippen LogP contribution in [-0.2, 0) is 16.1 Å². The predicted molar refractivity (Wildman–Crippen MR) is 94.1 cm³/mol. The SMILES string of the molecule is [2H]C([2H])([2H])N(C)c1c(Cc2ccc([S@](C)(=N)=O)cc2)c(C)nc2ncnn12. The van der Waals surface area contributed by atoms with Gasteiger partial charge in [0.1, 0.15) is 12.1 Å². The van der Waals surface area contributed by atoms with Crippen LogP contribution in [-0.4, -0.2) is 44.1 Å². The molecule has 0 saturated heterocycles. The summed E-state index contributed by atoms with van der Waals surface area (Å²) in [7, 11) is -1.29. The van der Waals surface area contributed by atoms with E-state index in [9.17, 15) is 4.21 Å². The van der Waals surface area contributed by atoms with Gasteiger partial charge in [-0.15, -0.1) is 0 Å². The summed E-state index contributed by atoms with van der Waals surface area (Å²) in [5.41, 5.74) is 2.25. The van der Waals surface area contributed by atoms with Gasteiger partial charge in [0.15, 0.2) is 0 Å². The van der Waals surface area contributed by atoms with Crippen molar-refractivity contribution in [3.63, 3.8) is 0 Å². The first-order valence-corrected chi connectivity index (χ1v) is 9.21. The maximum absolute atomic E-state index is 11.9. The number of nitrogens with zero attached hydrogens (tertiary/aromatic N) is 5. The number of aryl methyl sites for hydroxylation is 1. The monoisotopic (exact) mass is 347 g/mol. The molecule has 1 aromatic carbocycles. The summed E-state index contributed by atoms with van der Waals surface area (Å²) in [5.74, 6) is 0.733. The zero-order valence-electron chi connectivity index (χ0n) is 16.6. The Bertz CT molecular complexity index is 1090. The van der Waals surface area contributed by atoms with Crippen molar-refractivity contribution in [1.82, 2.24) is 19.6 Å². The highest BCUT2D eigenvalue weighted by atomic mass is 32.2. The van der Waals surface area contributed by atoms with E-state index in [1.54, 1.807) is 31.2 Å². The summed E-state index contributed by atoms with van der Waals surface area (Å²) in [6.45, 7) is -0.553. The minimum absolute atomic E-state index is 0.331. The Kier molecular flexibility index (Phi) is 3.15. The summed E-state index contributed by atoms with van der Waals surface area (Å²) in [5, 5.41) is 4.13. The number of hydrogen-bond donors (Lipinski definition) is 1. The van der Waals surface area contributed by atoms with Crippen LogP contribution >= 0.6 is 0 Å². The fraction of sp³-hybridized carbons (Fsp3) is 0.312. The van der Waals surface area contributed by atoms with Crippen molar-refractivity contribution in [2.75, 3.05) is 25.2 Å². The molecule has 2 heterocycles. The van der Waals surface area contributed by atoms with Crippen LogP contribution in [0.5, 0.6) is 0 Å². The average Bonchev–Trinajstić information content (AvgIpc) is 3.01. The molecule has 8 heteroatoms. The van der Waals surface area contributed by atoms with Crippen LogP contribution in [0.25, 0.3) is 5.78 Å². The Morgan fingerprint density at radius 3 is 2.71 bits per heavy atom. The topological polar surface area (TPSA) is 87.2 Å². The summed E-state index contributed by atoms with van der Waals surface area (Å²) in [6.07, 6.45) is 3.12. The molecule has 0 radical (unpaired) electrons. The van der Waals surface area contributed by atoms with E-state index in [2.05, 4.69) is 15.1 Å². The Morgan fingerprint density at radius 2 is 2.08 bits per heavy atom. The van der Waals surface area contributed by atoms with Gasteiger partial charge in [-0.1, -0.05) is 12.1 Å². The van der Waals surface area contributed by atoms with Crippen molar-refractivity contribution in [3.05, 3.63) is 47.4 Å². The zero-order chi connectivity index (χ0) is 20.0. The van der Waals surface area contributed by atoms with E-state index in [0.29, 0.717) is 34.2 Å². The fourth-order valence-corrected chi connectivity index (χ4v) is 3.25. The Labute approximate surface area is 145 Å². The lowest BCUT2D eigenvalue weighted by atomic mass is 10.0. The largest absolute Gasteiger partial charge is 0.362 e. The molecule has 0 aliphatic carbocycles. The maximum atomic E-state index is 11.9. The van der Waals surface area contributed by atoms with E-state index in [1.165, 1.54) is 29.0 Å². The molecule has 0 aliphatic rings. The van der Waals surface area contributed by atoms with E-state index in [4.69, 9.17) is 8.89 Å². The second kappa shape index (κ2) is 5.86. The standard InChI is InChI=1S/C16H20N6OS/c1-11-14(9-12-5-7-13(8-6-12)24(4,17)23)15(21(2)3)22-16(20-11)18-10-19-22/h5-8,10,17H,9H2,1-4H3/t24-/m1/s1/i2D3. The molecule has 1 N–H and O–H groups in total. The first-order valence-electron chi connectivity index (χ1n) is 8.74. The van der Waals surface area contributed by atoms with Gasteiger partial charge in [-0.3, -0.25) is 0 Å². The number of aromatic nitrogens is 4. The van der Waals surface area contributed by atoms with Gasteiger partial charge in [0, 0.05) is 47.0 Å². The first kappa shape index (κ1) is 12.9. The molecule has 0 unspecified atom stereocenters. The van der Waals surface area contributed by atoms with Crippen LogP contribution in [0.2, 0.25) is 0 Å². The Hall–Kier alpha value is -2.48. The van der Waals surface area contributed by atoms with Crippen molar-refractivity contribution >= 4 is 21.3 Å². The summed E-state index contributed by atoms with van der Waals surface area (Å²) in [4.78, 5) is 10.1. The molecular weight excluding hydrogens is 324 g/mol. The summed E-state index contributed by atoms with van der Waals surface area (Å²) < 4.78 is 44.3. The number of nitrogens with one attached hydrogen (secondary N) is 1. The molecule has 0 fully saturated rings. The molecule has 24 heavy (non-hydrogen) atoms. The van der Waals surface area contributed by atoms with E-state index >= 15 is 0 Å². The molecule has 0 aliphatic heterocycles. The third kappa shape index (κ3) is 2.96. The van der Waals surface area contributed by atoms with Crippen LogP contribution in [0.3, 0.4) is 0 Å². The second-order valence-corrected chi connectivity index (χ2v) is 7.85. The van der Waals surface area contributed by atoms with E-state index in [-0.39, 0.29) is 0 Å². The van der Waals surface area contributed by atoms with Gasteiger partial charge in [0.25, 0.3) is 5.78 Å². The highest BCUT2D eigenvalue weighted by Crippen LogP contribution is 2.25. The number of fused-ring (bicyclic) bond motifs is 1. The predicted octanol–water partition coefficient (Wildman–Crippen LogP) is 2.12. The quantitative estimate of drug-likeness (QED) is 0.781. The molecule has 0 amide bonds. The molecule has 7 nitrogen and oxygen atoms in total. The van der Waals surface area contributed by atoms with E-state index in [1.807, 2.05) is 0 Å². The minimum atomic E-state index is -2.78. The highest BCUT2D eigenvalue weighted by Gasteiger charge is 2.16. The third-order valence-electron chi connectivity index (χ3n) is 3.78. The molecular formula is C16H20N6OS. The first-order chi connectivity index (χ1) is 12.5. The lowest BCUT2D eigenvalue weighted by molar-refractivity contribution is 0.679. The van der Waals surface area contributed by atoms with Crippen LogP contribution in [0.1, 0.15) is 20.9 Å². The lowest BCUT2D eigenvalue weighted by Gasteiger charge is -2.19. The molecule has 3 aromatic rings. The smallest absolute Gasteiger partial charge is 0.254 e. The van der Waals surface area contributed by atoms with Gasteiger partial charge in [-0.25, -0.2) is 14.0 Å². The number of benzene rings is 1. The van der Waals surface area contributed by atoms with Crippen LogP contribution in [0.4, 0.5) is 5.82 Å². The average molecular weight is 347 g/mol. The highest BCUT2D eigenvalue weighted by molar-refractivity contribution is 7.91. The summed E-state index contributed by atoms with van der Waals surface area (Å²) >= 11 is 0. The number of rotatable bonds is 4. The fourth-order valence-electron chi connectivity index (χ4n) is 2.59. The van der Waals surface area contributed by atoms with Gasteiger partial charge >= 0.3 is 0 Å². The Balaban J connectivity index is 2.12. The number of anilines is 1. The normalized spacial score (nSPS) is 16.2. The molecule has 1 atom stereocenters. The van der Waals surface area contributed by atoms with Gasteiger partial charge in [-0.05, 0) is 24.6 Å². The lowest BCUT2D eigenvalue weighted by Crippen LogP contribution is -2.18. The second-order valence-electron chi connectivity index (χ2n) is 5.69. The molecule has 2 aromatic heterocycles. The molecule has 3 rings (SSSR count). The summed E-state index contributed by atoms with van der Waals surface area (Å²) in [6, 6.07) is 6.90. The van der Waals surface area contributed by atoms with Crippen LogP contribution in [0.15, 0.2) is 35.5 Å². The zero-order valence-corrected chi connectivity index (χ0v) is 14.5. The minimum Gasteiger partial charge on any atom is -0.362 e. The van der Waals surface area contributed by atoms with Gasteiger partial charge in [0.2, 0.25) is 0 Å². The van der Waals surface area contributed by atoms with Gasteiger partial charge < -0.3 is 4.90 Å². The van der Waals surface area contributed by atoms with Crippen molar-refractivity contribution < 1.29 is 8.32 Å².